The van der Waals surface area contributed by atoms with Crippen LogP contribution in [-0.4, -0.2) is 79.5 Å². The minimum absolute atomic E-state index is 0.0234. The lowest BCUT2D eigenvalue weighted by atomic mass is 9.91. The molecule has 13 heteroatoms. The third-order valence-electron chi connectivity index (χ3n) is 9.65. The van der Waals surface area contributed by atoms with Crippen LogP contribution >= 0.6 is 11.8 Å². The number of nitrogens with one attached hydrogen (secondary N) is 2. The summed E-state index contributed by atoms with van der Waals surface area (Å²) < 4.78 is 27.2. The number of thioether (sulfide) groups is 1. The number of ketones is 2. The standard InChI is InChI=1S/C45H51N5O6S2/c1-31(2)26-37(49-44(53)33(27-32-14-7-5-8-15-32)28-40(51)38-30-46-23-24-47-38)41(52)29-42(57-34-16-9-6-10-17-34)45(54)48-22-13-25-58(55,56)43-21-12-18-35-36(43)19-11-20-39(35)50(3)4/h5-12,14-21,23-24,30-31,33,37,42H,13,22,25-29H2,1-4H3,(H,48,54)(H,49,53)/t33-,37+,42?/m1/s1. The van der Waals surface area contributed by atoms with E-state index in [-0.39, 0.29) is 66.1 Å². The molecule has 5 rings (SSSR count). The number of anilines is 1. The molecule has 0 radical (unpaired) electrons. The lowest BCUT2D eigenvalue weighted by Gasteiger charge is -2.25. The minimum Gasteiger partial charge on any atom is -0.377 e. The predicted octanol–water partition coefficient (Wildman–Crippen LogP) is 6.76. The number of Topliss-reactive ketones (excluding diaryl/α,β-unsaturated/α-hetero) is 2. The Bertz CT molecular complexity index is 2270. The summed E-state index contributed by atoms with van der Waals surface area (Å²) in [6.45, 7) is 3.97. The van der Waals surface area contributed by atoms with Crippen LogP contribution in [-0.2, 0) is 30.6 Å². The summed E-state index contributed by atoms with van der Waals surface area (Å²) in [4.78, 5) is 66.3. The van der Waals surface area contributed by atoms with Crippen LogP contribution in [0.1, 0.15) is 55.6 Å². The van der Waals surface area contributed by atoms with E-state index in [4.69, 9.17) is 0 Å². The molecule has 4 aromatic carbocycles. The van der Waals surface area contributed by atoms with Crippen molar-refractivity contribution >= 4 is 61.4 Å². The average Bonchev–Trinajstić information content (AvgIpc) is 3.21. The molecule has 1 unspecified atom stereocenters. The van der Waals surface area contributed by atoms with E-state index in [0.717, 1.165) is 21.5 Å². The Morgan fingerprint density at radius 3 is 2.16 bits per heavy atom. The lowest BCUT2D eigenvalue weighted by Crippen LogP contribution is -2.47. The van der Waals surface area contributed by atoms with Crippen LogP contribution in [0.4, 0.5) is 5.69 Å². The summed E-state index contributed by atoms with van der Waals surface area (Å²) in [5.74, 6) is -2.46. The van der Waals surface area contributed by atoms with Crippen LogP contribution < -0.4 is 15.5 Å². The van der Waals surface area contributed by atoms with Gasteiger partial charge < -0.3 is 15.5 Å². The van der Waals surface area contributed by atoms with Crippen LogP contribution in [0.2, 0.25) is 0 Å². The van der Waals surface area contributed by atoms with Crippen LogP contribution in [0.15, 0.2) is 125 Å². The molecule has 0 aliphatic rings. The largest absolute Gasteiger partial charge is 0.377 e. The fourth-order valence-electron chi connectivity index (χ4n) is 6.76. The Morgan fingerprint density at radius 2 is 1.48 bits per heavy atom. The van der Waals surface area contributed by atoms with Gasteiger partial charge in [0, 0.05) is 73.1 Å². The van der Waals surface area contributed by atoms with Crippen molar-refractivity contribution in [1.82, 2.24) is 20.6 Å². The van der Waals surface area contributed by atoms with Gasteiger partial charge in [0.05, 0.1) is 28.1 Å². The zero-order valence-corrected chi connectivity index (χ0v) is 35.0. The molecule has 3 atom stereocenters. The topological polar surface area (TPSA) is 156 Å². The maximum absolute atomic E-state index is 14.2. The molecule has 304 valence electrons. The zero-order chi connectivity index (χ0) is 41.7. The predicted molar refractivity (Wildman–Crippen MR) is 230 cm³/mol. The van der Waals surface area contributed by atoms with E-state index in [0.29, 0.717) is 11.8 Å². The van der Waals surface area contributed by atoms with Crippen molar-refractivity contribution in [3.8, 4) is 0 Å². The van der Waals surface area contributed by atoms with Crippen LogP contribution in [0.5, 0.6) is 0 Å². The number of amides is 2. The molecule has 5 aromatic rings. The van der Waals surface area contributed by atoms with Crippen molar-refractivity contribution in [1.29, 1.82) is 0 Å². The second-order valence-electron chi connectivity index (χ2n) is 14.9. The number of carbonyl (C=O) groups excluding carboxylic acids is 4. The number of fused-ring (bicyclic) bond motifs is 1. The van der Waals surface area contributed by atoms with Gasteiger partial charge in [-0.15, -0.1) is 11.8 Å². The van der Waals surface area contributed by atoms with Crippen molar-refractivity contribution in [3.05, 3.63) is 127 Å². The molecule has 2 amide bonds. The fraction of sp³-hybridized carbons (Fsp3) is 0.333. The normalized spacial score (nSPS) is 13.1. The molecule has 1 heterocycles. The van der Waals surface area contributed by atoms with Crippen molar-refractivity contribution < 1.29 is 27.6 Å². The maximum Gasteiger partial charge on any atom is 0.233 e. The van der Waals surface area contributed by atoms with Gasteiger partial charge in [-0.1, -0.05) is 86.6 Å². The Morgan fingerprint density at radius 1 is 0.793 bits per heavy atom. The van der Waals surface area contributed by atoms with Gasteiger partial charge in [0.2, 0.25) is 11.8 Å². The highest BCUT2D eigenvalue weighted by atomic mass is 32.2. The highest BCUT2D eigenvalue weighted by Crippen LogP contribution is 2.31. The number of nitrogens with zero attached hydrogens (tertiary/aromatic N) is 3. The highest BCUT2D eigenvalue weighted by Gasteiger charge is 2.32. The molecule has 0 spiro atoms. The van der Waals surface area contributed by atoms with Gasteiger partial charge in [-0.3, -0.25) is 24.2 Å². The maximum atomic E-state index is 14.2. The number of hydrogen-bond acceptors (Lipinski definition) is 10. The summed E-state index contributed by atoms with van der Waals surface area (Å²) in [6, 6.07) is 28.5. The van der Waals surface area contributed by atoms with E-state index in [1.807, 2.05) is 112 Å². The Hall–Kier alpha value is -5.40. The van der Waals surface area contributed by atoms with E-state index < -0.39 is 38.9 Å². The number of carbonyl (C=O) groups is 4. The number of benzene rings is 4. The fourth-order valence-corrected chi connectivity index (χ4v) is 9.38. The van der Waals surface area contributed by atoms with Gasteiger partial charge >= 0.3 is 0 Å². The first-order valence-electron chi connectivity index (χ1n) is 19.4. The second kappa shape index (κ2) is 20.9. The molecule has 0 bridgehead atoms. The van der Waals surface area contributed by atoms with E-state index >= 15 is 0 Å². The molecule has 0 aliphatic heterocycles. The third kappa shape index (κ3) is 12.3. The average molecular weight is 822 g/mol. The Kier molecular flexibility index (Phi) is 15.7. The molecule has 1 aromatic heterocycles. The molecule has 0 fully saturated rings. The third-order valence-corrected chi connectivity index (χ3v) is 12.7. The van der Waals surface area contributed by atoms with Crippen LogP contribution in [0.25, 0.3) is 10.8 Å². The van der Waals surface area contributed by atoms with Gasteiger partial charge in [0.25, 0.3) is 0 Å². The number of rotatable bonds is 21. The molecule has 11 nitrogen and oxygen atoms in total. The summed E-state index contributed by atoms with van der Waals surface area (Å²) in [6.07, 6.45) is 4.69. The summed E-state index contributed by atoms with van der Waals surface area (Å²) in [5, 5.41) is 6.44. The van der Waals surface area contributed by atoms with Crippen LogP contribution in [0, 0.1) is 11.8 Å². The molecule has 2 N–H and O–H groups in total. The van der Waals surface area contributed by atoms with Crippen molar-refractivity contribution in [2.75, 3.05) is 31.3 Å². The van der Waals surface area contributed by atoms with E-state index in [9.17, 15) is 27.6 Å². The quantitative estimate of drug-likeness (QED) is 0.0461. The highest BCUT2D eigenvalue weighted by molar-refractivity contribution is 8.00. The Balaban J connectivity index is 1.28. The number of sulfone groups is 1. The molecular formula is C45H51N5O6S2. The molecule has 58 heavy (non-hydrogen) atoms. The second-order valence-corrected chi connectivity index (χ2v) is 18.2. The molecule has 0 saturated heterocycles. The first kappa shape index (κ1) is 43.7. The van der Waals surface area contributed by atoms with Crippen molar-refractivity contribution in [2.24, 2.45) is 11.8 Å². The first-order valence-corrected chi connectivity index (χ1v) is 21.9. The summed E-state index contributed by atoms with van der Waals surface area (Å²) >= 11 is 1.23. The van der Waals surface area contributed by atoms with Gasteiger partial charge in [-0.2, -0.15) is 0 Å². The molecule has 0 aliphatic carbocycles. The number of hydrogen-bond donors (Lipinski definition) is 2. The molecular weight excluding hydrogens is 771 g/mol. The van der Waals surface area contributed by atoms with Crippen molar-refractivity contribution in [3.63, 3.8) is 0 Å². The Labute approximate surface area is 345 Å². The number of aromatic nitrogens is 2. The van der Waals surface area contributed by atoms with Gasteiger partial charge in [-0.05, 0) is 55.0 Å². The molecule has 0 saturated carbocycles. The zero-order valence-electron chi connectivity index (χ0n) is 33.3. The van der Waals surface area contributed by atoms with E-state index in [1.54, 1.807) is 18.2 Å². The monoisotopic (exact) mass is 821 g/mol. The minimum atomic E-state index is -3.70. The lowest BCUT2D eigenvalue weighted by molar-refractivity contribution is -0.131. The van der Waals surface area contributed by atoms with Gasteiger partial charge in [0.1, 0.15) is 5.69 Å². The van der Waals surface area contributed by atoms with Gasteiger partial charge in [-0.25, -0.2) is 13.4 Å². The van der Waals surface area contributed by atoms with Gasteiger partial charge in [0.15, 0.2) is 21.4 Å². The van der Waals surface area contributed by atoms with E-state index in [2.05, 4.69) is 20.6 Å². The van der Waals surface area contributed by atoms with E-state index in [1.165, 1.54) is 30.4 Å². The smallest absolute Gasteiger partial charge is 0.233 e. The SMILES string of the molecule is CC(C)C[C@H](NC(=O)[C@@H](CC(=O)c1cnccn1)Cc1ccccc1)C(=O)CC(Sc1ccccc1)C(=O)NCCCS(=O)(=O)c1cccc2c(N(C)C)cccc12. The first-order chi connectivity index (χ1) is 27.8. The summed E-state index contributed by atoms with van der Waals surface area (Å²) in [7, 11) is 0.121. The summed E-state index contributed by atoms with van der Waals surface area (Å²) in [5.41, 5.74) is 1.93. The van der Waals surface area contributed by atoms with Crippen molar-refractivity contribution in [2.45, 2.75) is 67.0 Å². The van der Waals surface area contributed by atoms with Crippen LogP contribution in [0.3, 0.4) is 0 Å².